The highest BCUT2D eigenvalue weighted by atomic mass is 16.6. The average Bonchev–Trinajstić information content (AvgIpc) is 3.05. The highest BCUT2D eigenvalue weighted by molar-refractivity contribution is 5.92. The van der Waals surface area contributed by atoms with Crippen molar-refractivity contribution in [2.75, 3.05) is 0 Å². The van der Waals surface area contributed by atoms with Crippen LogP contribution in [0.15, 0.2) is 33.5 Å². The van der Waals surface area contributed by atoms with Crippen LogP contribution < -0.4 is 29.1 Å². The Bertz CT molecular complexity index is 1740. The van der Waals surface area contributed by atoms with E-state index in [-0.39, 0.29) is 78.7 Å². The van der Waals surface area contributed by atoms with Crippen LogP contribution in [-0.4, -0.2) is 40.9 Å². The molecule has 2 aromatic carbocycles. The first-order valence-corrected chi connectivity index (χ1v) is 14.9. The van der Waals surface area contributed by atoms with Gasteiger partial charge in [-0.2, -0.15) is 0 Å². The molecule has 250 valence electrons. The maximum atomic E-state index is 14.0. The number of esters is 5. The molecule has 1 N–H and O–H groups in total. The Morgan fingerprint density at radius 2 is 1.06 bits per heavy atom. The van der Waals surface area contributed by atoms with Crippen LogP contribution in [0.5, 0.6) is 28.7 Å². The Hall–Kier alpha value is -5.53. The van der Waals surface area contributed by atoms with Gasteiger partial charge in [0, 0.05) is 44.1 Å². The van der Waals surface area contributed by atoms with E-state index in [0.717, 1.165) is 12.1 Å². The number of carboxylic acids is 1. The lowest BCUT2D eigenvalue weighted by molar-refractivity contribution is -0.137. The molecule has 1 aromatic heterocycles. The number of benzene rings is 2. The number of carboxylic acid groups (broad SMARTS) is 1. The van der Waals surface area contributed by atoms with Crippen LogP contribution in [0.4, 0.5) is 0 Å². The second kappa shape index (κ2) is 16.2. The van der Waals surface area contributed by atoms with Crippen molar-refractivity contribution in [3.63, 3.8) is 0 Å². The highest BCUT2D eigenvalue weighted by Gasteiger charge is 2.28. The molecular formula is C33H34O14. The topological polar surface area (TPSA) is 199 Å². The van der Waals surface area contributed by atoms with Crippen molar-refractivity contribution in [2.24, 2.45) is 0 Å². The molecule has 1 heterocycles. The smallest absolute Gasteiger partial charge is 0.311 e. The summed E-state index contributed by atoms with van der Waals surface area (Å²) < 4.78 is 33.1. The molecule has 0 aliphatic heterocycles. The fourth-order valence-electron chi connectivity index (χ4n) is 4.00. The molecule has 3 rings (SSSR count). The molecule has 0 saturated carbocycles. The summed E-state index contributed by atoms with van der Waals surface area (Å²) in [6.07, 6.45) is -0.833. The van der Waals surface area contributed by atoms with E-state index in [1.54, 1.807) is 0 Å². The molecule has 0 aliphatic carbocycles. The van der Waals surface area contributed by atoms with Crippen molar-refractivity contribution >= 4 is 46.8 Å². The number of aliphatic carboxylic acids is 1. The molecule has 47 heavy (non-hydrogen) atoms. The first-order chi connectivity index (χ1) is 22.3. The summed E-state index contributed by atoms with van der Waals surface area (Å²) in [5.74, 6) is -7.36. The minimum absolute atomic E-state index is 0.0285. The van der Waals surface area contributed by atoms with Crippen LogP contribution in [-0.2, 0) is 35.2 Å². The molecule has 0 aliphatic rings. The second-order valence-electron chi connectivity index (χ2n) is 9.89. The predicted octanol–water partition coefficient (Wildman–Crippen LogP) is 5.05. The van der Waals surface area contributed by atoms with Gasteiger partial charge in [-0.1, -0.05) is 34.6 Å². The normalized spacial score (nSPS) is 10.7. The Labute approximate surface area is 268 Å². The third-order valence-electron chi connectivity index (χ3n) is 6.43. The lowest BCUT2D eigenvalue weighted by atomic mass is 10.0. The molecule has 0 atom stereocenters. The van der Waals surface area contributed by atoms with E-state index in [1.165, 1.54) is 46.8 Å². The molecule has 0 bridgehead atoms. The first kappa shape index (κ1) is 35.9. The van der Waals surface area contributed by atoms with E-state index >= 15 is 0 Å². The molecule has 0 fully saturated rings. The van der Waals surface area contributed by atoms with Gasteiger partial charge in [0.2, 0.25) is 16.9 Å². The highest BCUT2D eigenvalue weighted by Crippen LogP contribution is 2.45. The Kier molecular flexibility index (Phi) is 12.4. The number of ether oxygens (including phenoxy) is 5. The van der Waals surface area contributed by atoms with Gasteiger partial charge in [0.15, 0.2) is 17.3 Å². The SMILES string of the molecule is CCC(=O)Oc1cc(-c2oc3cc(CCC(=O)O)cc(OC(=O)CC)c3c(=O)c2OC(=O)CC)cc(OC(=O)CC)c1OC(=O)CC. The predicted molar refractivity (Wildman–Crippen MR) is 164 cm³/mol. The van der Waals surface area contributed by atoms with Crippen LogP contribution in [0, 0.1) is 0 Å². The summed E-state index contributed by atoms with van der Waals surface area (Å²) in [5.41, 5.74) is -0.889. The van der Waals surface area contributed by atoms with Crippen molar-refractivity contribution < 1.29 is 62.0 Å². The molecule has 14 heteroatoms. The van der Waals surface area contributed by atoms with Gasteiger partial charge in [0.05, 0.1) is 0 Å². The van der Waals surface area contributed by atoms with E-state index in [4.69, 9.17) is 28.1 Å². The number of hydrogen-bond donors (Lipinski definition) is 1. The van der Waals surface area contributed by atoms with E-state index in [2.05, 4.69) is 0 Å². The molecule has 0 spiro atoms. The van der Waals surface area contributed by atoms with Crippen molar-refractivity contribution in [1.29, 1.82) is 0 Å². The Morgan fingerprint density at radius 3 is 1.53 bits per heavy atom. The summed E-state index contributed by atoms with van der Waals surface area (Å²) in [6.45, 7) is 7.55. The minimum Gasteiger partial charge on any atom is -0.481 e. The van der Waals surface area contributed by atoms with Crippen molar-refractivity contribution in [3.05, 3.63) is 40.1 Å². The lowest BCUT2D eigenvalue weighted by Gasteiger charge is -2.17. The maximum Gasteiger partial charge on any atom is 0.311 e. The molecule has 14 nitrogen and oxygen atoms in total. The summed E-state index contributed by atoms with van der Waals surface area (Å²) >= 11 is 0. The monoisotopic (exact) mass is 654 g/mol. The number of aryl methyl sites for hydroxylation is 1. The number of carbonyl (C=O) groups excluding carboxylic acids is 5. The van der Waals surface area contributed by atoms with Gasteiger partial charge < -0.3 is 33.2 Å². The maximum absolute atomic E-state index is 14.0. The third kappa shape index (κ3) is 9.02. The van der Waals surface area contributed by atoms with Crippen molar-refractivity contribution in [3.8, 4) is 40.1 Å². The molecule has 0 saturated heterocycles. The van der Waals surface area contributed by atoms with Gasteiger partial charge in [0.25, 0.3) is 0 Å². The minimum atomic E-state index is -1.10. The number of fused-ring (bicyclic) bond motifs is 1. The molecule has 0 radical (unpaired) electrons. The third-order valence-corrected chi connectivity index (χ3v) is 6.43. The van der Waals surface area contributed by atoms with Crippen LogP contribution in [0.25, 0.3) is 22.3 Å². The van der Waals surface area contributed by atoms with Crippen molar-refractivity contribution in [1.82, 2.24) is 0 Å². The van der Waals surface area contributed by atoms with E-state index < -0.39 is 58.5 Å². The summed E-state index contributed by atoms with van der Waals surface area (Å²) in [5, 5.41) is 8.94. The van der Waals surface area contributed by atoms with Gasteiger partial charge in [-0.3, -0.25) is 33.6 Å². The Morgan fingerprint density at radius 1 is 0.617 bits per heavy atom. The zero-order valence-electron chi connectivity index (χ0n) is 26.5. The number of hydrogen-bond acceptors (Lipinski definition) is 13. The standard InChI is InChI=1S/C33H34O14/c1-6-24(36)42-19-13-17(11-12-23(34)35)14-20-29(19)30(41)33(47-28(40)10-5)31(45-20)18-15-21(43-25(37)7-2)32(46-27(39)9-4)22(16-18)44-26(38)8-3/h13-16H,6-12H2,1-5H3,(H,34,35). The summed E-state index contributed by atoms with van der Waals surface area (Å²) in [4.78, 5) is 87.3. The van der Waals surface area contributed by atoms with E-state index in [1.807, 2.05) is 0 Å². The lowest BCUT2D eigenvalue weighted by Crippen LogP contribution is -2.17. The second-order valence-corrected chi connectivity index (χ2v) is 9.89. The van der Waals surface area contributed by atoms with Crippen LogP contribution in [0.3, 0.4) is 0 Å². The Balaban J connectivity index is 2.49. The molecule has 0 unspecified atom stereocenters. The fraction of sp³-hybridized carbons (Fsp3) is 0.364. The zero-order valence-corrected chi connectivity index (χ0v) is 26.5. The first-order valence-electron chi connectivity index (χ1n) is 14.9. The van der Waals surface area contributed by atoms with Crippen LogP contribution >= 0.6 is 0 Å². The van der Waals surface area contributed by atoms with Crippen LogP contribution in [0.2, 0.25) is 0 Å². The van der Waals surface area contributed by atoms with Crippen molar-refractivity contribution in [2.45, 2.75) is 79.6 Å². The van der Waals surface area contributed by atoms with Gasteiger partial charge in [-0.15, -0.1) is 0 Å². The molecular weight excluding hydrogens is 620 g/mol. The summed E-state index contributed by atoms with van der Waals surface area (Å²) in [7, 11) is 0. The number of rotatable bonds is 14. The van der Waals surface area contributed by atoms with Gasteiger partial charge in [-0.05, 0) is 36.2 Å². The van der Waals surface area contributed by atoms with E-state index in [9.17, 15) is 38.7 Å². The largest absolute Gasteiger partial charge is 0.481 e. The van der Waals surface area contributed by atoms with Crippen LogP contribution in [0.1, 0.15) is 78.7 Å². The van der Waals surface area contributed by atoms with Gasteiger partial charge in [0.1, 0.15) is 16.7 Å². The van der Waals surface area contributed by atoms with Gasteiger partial charge >= 0.3 is 35.8 Å². The fourth-order valence-corrected chi connectivity index (χ4v) is 4.00. The summed E-state index contributed by atoms with van der Waals surface area (Å²) in [6, 6.07) is 5.01. The zero-order chi connectivity index (χ0) is 34.8. The number of carbonyl (C=O) groups is 6. The van der Waals surface area contributed by atoms with Gasteiger partial charge in [-0.25, -0.2) is 0 Å². The van der Waals surface area contributed by atoms with E-state index in [0.29, 0.717) is 5.56 Å². The quantitative estimate of drug-likeness (QED) is 0.179. The average molecular weight is 655 g/mol. The molecule has 0 amide bonds. The molecule has 3 aromatic rings.